The van der Waals surface area contributed by atoms with Gasteiger partial charge in [-0.05, 0) is 12.1 Å². The van der Waals surface area contributed by atoms with Crippen molar-refractivity contribution in [2.75, 3.05) is 33.8 Å². The molecule has 19 heavy (non-hydrogen) atoms. The third-order valence-electron chi connectivity index (χ3n) is 2.36. The minimum atomic E-state index is 0. The molecule has 0 bridgehead atoms. The first-order chi connectivity index (χ1) is 8.77. The van der Waals surface area contributed by atoms with Gasteiger partial charge >= 0.3 is 0 Å². The van der Waals surface area contributed by atoms with Crippen LogP contribution in [-0.4, -0.2) is 44.7 Å². The molecule has 0 aliphatic rings. The predicted molar refractivity (Wildman–Crippen MR) is 90.2 cm³/mol. The third-order valence-corrected chi connectivity index (χ3v) is 2.36. The van der Waals surface area contributed by atoms with Gasteiger partial charge in [-0.2, -0.15) is 0 Å². The maximum absolute atomic E-state index is 5.61. The van der Waals surface area contributed by atoms with E-state index in [0.29, 0.717) is 13.2 Å². The maximum atomic E-state index is 5.61. The molecule has 0 amide bonds. The number of nitrogens with zero attached hydrogens (tertiary/aromatic N) is 2. The standard InChI is InChI=1S/C14H19N3O.HI/c1-4-10-16-14(15-2)17(3)11-12-18-13-8-6-5-7-9-13;/h1,5-9H,10-12H2,2-3H3,(H,15,16);1H. The summed E-state index contributed by atoms with van der Waals surface area (Å²) in [5, 5.41) is 3.05. The zero-order valence-electron chi connectivity index (χ0n) is 11.3. The van der Waals surface area contributed by atoms with Crippen molar-refractivity contribution in [1.29, 1.82) is 0 Å². The van der Waals surface area contributed by atoms with Crippen LogP contribution in [0.3, 0.4) is 0 Å². The van der Waals surface area contributed by atoms with Gasteiger partial charge in [-0.15, -0.1) is 30.4 Å². The molecular formula is C14H20IN3O. The highest BCUT2D eigenvalue weighted by Gasteiger charge is 2.04. The van der Waals surface area contributed by atoms with Crippen molar-refractivity contribution < 1.29 is 4.74 Å². The van der Waals surface area contributed by atoms with Gasteiger partial charge in [0.15, 0.2) is 5.96 Å². The molecular weight excluding hydrogens is 353 g/mol. The Balaban J connectivity index is 0.00000324. The van der Waals surface area contributed by atoms with E-state index in [1.807, 2.05) is 42.3 Å². The second-order valence-electron chi connectivity index (χ2n) is 3.69. The minimum absolute atomic E-state index is 0. The highest BCUT2D eigenvalue weighted by molar-refractivity contribution is 14.0. The molecule has 0 aliphatic carbocycles. The molecule has 1 aromatic rings. The number of rotatable bonds is 5. The zero-order valence-corrected chi connectivity index (χ0v) is 13.6. The summed E-state index contributed by atoms with van der Waals surface area (Å²) in [6, 6.07) is 9.74. The number of aliphatic imine (C=N–C) groups is 1. The Kier molecular flexibility index (Phi) is 9.71. The number of ether oxygens (including phenoxy) is 1. The first kappa shape index (κ1) is 17.6. The second-order valence-corrected chi connectivity index (χ2v) is 3.69. The molecule has 0 saturated heterocycles. The zero-order chi connectivity index (χ0) is 13.2. The molecule has 0 heterocycles. The molecule has 0 unspecified atom stereocenters. The summed E-state index contributed by atoms with van der Waals surface area (Å²) in [7, 11) is 3.67. The fourth-order valence-corrected chi connectivity index (χ4v) is 1.44. The van der Waals surface area contributed by atoms with E-state index in [1.54, 1.807) is 7.05 Å². The summed E-state index contributed by atoms with van der Waals surface area (Å²) in [6.45, 7) is 1.80. The largest absolute Gasteiger partial charge is 0.492 e. The lowest BCUT2D eigenvalue weighted by molar-refractivity contribution is 0.281. The number of hydrogen-bond donors (Lipinski definition) is 1. The average Bonchev–Trinajstić information content (AvgIpc) is 2.41. The van der Waals surface area contributed by atoms with Crippen molar-refractivity contribution >= 4 is 29.9 Å². The normalized spacial score (nSPS) is 10.1. The Morgan fingerprint density at radius 3 is 2.68 bits per heavy atom. The number of nitrogens with one attached hydrogen (secondary N) is 1. The van der Waals surface area contributed by atoms with Crippen LogP contribution in [0.4, 0.5) is 0 Å². The molecule has 0 spiro atoms. The van der Waals surface area contributed by atoms with Crippen molar-refractivity contribution in [2.45, 2.75) is 0 Å². The van der Waals surface area contributed by atoms with Gasteiger partial charge < -0.3 is 15.0 Å². The molecule has 0 aromatic heterocycles. The third kappa shape index (κ3) is 6.91. The Bertz CT molecular complexity index is 414. The van der Waals surface area contributed by atoms with Crippen molar-refractivity contribution in [2.24, 2.45) is 4.99 Å². The topological polar surface area (TPSA) is 36.9 Å². The first-order valence-electron chi connectivity index (χ1n) is 5.81. The van der Waals surface area contributed by atoms with E-state index < -0.39 is 0 Å². The number of hydrogen-bond acceptors (Lipinski definition) is 2. The lowest BCUT2D eigenvalue weighted by Gasteiger charge is -2.21. The summed E-state index contributed by atoms with van der Waals surface area (Å²) in [5.41, 5.74) is 0. The average molecular weight is 373 g/mol. The van der Waals surface area contributed by atoms with Crippen molar-refractivity contribution in [3.8, 4) is 18.1 Å². The molecule has 1 N–H and O–H groups in total. The van der Waals surface area contributed by atoms with E-state index in [-0.39, 0.29) is 24.0 Å². The van der Waals surface area contributed by atoms with Gasteiger partial charge in [0, 0.05) is 14.1 Å². The van der Waals surface area contributed by atoms with Gasteiger partial charge in [-0.1, -0.05) is 24.1 Å². The van der Waals surface area contributed by atoms with Crippen LogP contribution in [-0.2, 0) is 0 Å². The van der Waals surface area contributed by atoms with Crippen LogP contribution >= 0.6 is 24.0 Å². The lowest BCUT2D eigenvalue weighted by Crippen LogP contribution is -2.40. The van der Waals surface area contributed by atoms with E-state index >= 15 is 0 Å². The van der Waals surface area contributed by atoms with E-state index in [4.69, 9.17) is 11.2 Å². The van der Waals surface area contributed by atoms with Gasteiger partial charge in [0.1, 0.15) is 12.4 Å². The van der Waals surface area contributed by atoms with Crippen molar-refractivity contribution in [1.82, 2.24) is 10.2 Å². The summed E-state index contributed by atoms with van der Waals surface area (Å²) in [6.07, 6.45) is 5.20. The monoisotopic (exact) mass is 373 g/mol. The summed E-state index contributed by atoms with van der Waals surface area (Å²) >= 11 is 0. The molecule has 0 atom stereocenters. The number of para-hydroxylation sites is 1. The van der Waals surface area contributed by atoms with E-state index in [2.05, 4.69) is 16.2 Å². The lowest BCUT2D eigenvalue weighted by atomic mass is 10.3. The van der Waals surface area contributed by atoms with E-state index in [0.717, 1.165) is 18.3 Å². The van der Waals surface area contributed by atoms with Crippen molar-refractivity contribution in [3.05, 3.63) is 30.3 Å². The van der Waals surface area contributed by atoms with Crippen LogP contribution in [0.2, 0.25) is 0 Å². The summed E-state index contributed by atoms with van der Waals surface area (Å²) < 4.78 is 5.61. The quantitative estimate of drug-likeness (QED) is 0.370. The first-order valence-corrected chi connectivity index (χ1v) is 5.81. The molecule has 104 valence electrons. The van der Waals surface area contributed by atoms with Crippen LogP contribution in [0.5, 0.6) is 5.75 Å². The molecule has 1 rings (SSSR count). The van der Waals surface area contributed by atoms with Crippen molar-refractivity contribution in [3.63, 3.8) is 0 Å². The van der Waals surface area contributed by atoms with E-state index in [1.165, 1.54) is 0 Å². The molecule has 0 aliphatic heterocycles. The maximum Gasteiger partial charge on any atom is 0.194 e. The Morgan fingerprint density at radius 2 is 2.11 bits per heavy atom. The van der Waals surface area contributed by atoms with Crippen LogP contribution in [0.25, 0.3) is 0 Å². The predicted octanol–water partition coefficient (Wildman–Crippen LogP) is 1.82. The highest BCUT2D eigenvalue weighted by Crippen LogP contribution is 2.07. The van der Waals surface area contributed by atoms with E-state index in [9.17, 15) is 0 Å². The van der Waals surface area contributed by atoms with Gasteiger partial charge in [0.05, 0.1) is 13.1 Å². The molecule has 1 aromatic carbocycles. The summed E-state index contributed by atoms with van der Waals surface area (Å²) in [4.78, 5) is 6.10. The number of likely N-dealkylation sites (N-methyl/N-ethyl adjacent to an activating group) is 1. The second kappa shape index (κ2) is 10.5. The van der Waals surface area contributed by atoms with Crippen LogP contribution in [0.15, 0.2) is 35.3 Å². The number of guanidine groups is 1. The fourth-order valence-electron chi connectivity index (χ4n) is 1.44. The minimum Gasteiger partial charge on any atom is -0.492 e. The van der Waals surface area contributed by atoms with Gasteiger partial charge in [0.25, 0.3) is 0 Å². The van der Waals surface area contributed by atoms with Gasteiger partial charge in [-0.25, -0.2) is 0 Å². The van der Waals surface area contributed by atoms with Crippen LogP contribution in [0.1, 0.15) is 0 Å². The molecule has 4 nitrogen and oxygen atoms in total. The molecule has 0 radical (unpaired) electrons. The van der Waals surface area contributed by atoms with Gasteiger partial charge in [0.2, 0.25) is 0 Å². The molecule has 5 heteroatoms. The Morgan fingerprint density at radius 1 is 1.42 bits per heavy atom. The number of terminal acetylenes is 1. The summed E-state index contributed by atoms with van der Waals surface area (Å²) in [5.74, 6) is 4.16. The fraction of sp³-hybridized carbons (Fsp3) is 0.357. The molecule has 0 saturated carbocycles. The Labute approximate surface area is 132 Å². The smallest absolute Gasteiger partial charge is 0.194 e. The Hall–Kier alpha value is -1.42. The van der Waals surface area contributed by atoms with Crippen LogP contribution < -0.4 is 10.1 Å². The van der Waals surface area contributed by atoms with Gasteiger partial charge in [-0.3, -0.25) is 4.99 Å². The number of halogens is 1. The van der Waals surface area contributed by atoms with Crippen LogP contribution in [0, 0.1) is 12.3 Å². The number of benzene rings is 1. The molecule has 0 fully saturated rings. The highest BCUT2D eigenvalue weighted by atomic mass is 127. The SMILES string of the molecule is C#CCNC(=NC)N(C)CCOc1ccccc1.I.